The summed E-state index contributed by atoms with van der Waals surface area (Å²) in [5.41, 5.74) is 10.3. The van der Waals surface area contributed by atoms with E-state index in [1.807, 2.05) is 13.8 Å². The lowest BCUT2D eigenvalue weighted by atomic mass is 9.97. The van der Waals surface area contributed by atoms with Gasteiger partial charge >= 0.3 is 6.30 Å². The summed E-state index contributed by atoms with van der Waals surface area (Å²) >= 11 is 0. The molecule has 1 aromatic rings. The van der Waals surface area contributed by atoms with Gasteiger partial charge in [0.15, 0.2) is 0 Å². The molecule has 1 aliphatic rings. The number of halogens is 3. The van der Waals surface area contributed by atoms with Gasteiger partial charge in [-0.3, -0.25) is 15.3 Å². The third kappa shape index (κ3) is 6.26. The zero-order valence-electron chi connectivity index (χ0n) is 18.3. The number of alkyl halides is 3. The van der Waals surface area contributed by atoms with Crippen LogP contribution in [0.4, 0.5) is 24.5 Å². The number of nitrogens with two attached hydrogens (primary N) is 1. The molecule has 32 heavy (non-hydrogen) atoms. The number of aliphatic imine (C=N–C) groups is 1. The van der Waals surface area contributed by atoms with E-state index in [4.69, 9.17) is 11.1 Å². The minimum atomic E-state index is -4.42. The van der Waals surface area contributed by atoms with Crippen molar-refractivity contribution < 1.29 is 13.2 Å². The zero-order valence-corrected chi connectivity index (χ0v) is 18.3. The van der Waals surface area contributed by atoms with Gasteiger partial charge in [-0.2, -0.15) is 13.2 Å². The van der Waals surface area contributed by atoms with Crippen LogP contribution in [0.1, 0.15) is 37.8 Å². The molecule has 0 radical (unpaired) electrons. The molecule has 0 unspecified atom stereocenters. The van der Waals surface area contributed by atoms with Crippen molar-refractivity contribution in [2.24, 2.45) is 4.99 Å². The zero-order chi connectivity index (χ0) is 23.9. The van der Waals surface area contributed by atoms with E-state index in [0.717, 1.165) is 23.9 Å². The monoisotopic (exact) mass is 446 g/mol. The molecule has 1 aliphatic heterocycles. The number of nitrogens with one attached hydrogen (secondary N) is 3. The summed E-state index contributed by atoms with van der Waals surface area (Å²) < 4.78 is 38.8. The number of allylic oxidation sites excluding steroid dienone is 2. The molecule has 9 heteroatoms. The number of rotatable bonds is 10. The van der Waals surface area contributed by atoms with Crippen molar-refractivity contribution in [2.75, 3.05) is 17.6 Å². The number of hydrogen-bond donors (Lipinski definition) is 4. The number of benzene rings is 1. The average Bonchev–Trinajstić information content (AvgIpc) is 3.22. The highest BCUT2D eigenvalue weighted by atomic mass is 19.4. The molecule has 5 N–H and O–H groups in total. The summed E-state index contributed by atoms with van der Waals surface area (Å²) in [4.78, 5) is 4.67. The molecule has 0 saturated heterocycles. The van der Waals surface area contributed by atoms with Crippen LogP contribution in [0.5, 0.6) is 0 Å². The lowest BCUT2D eigenvalue weighted by molar-refractivity contribution is -0.224. The van der Waals surface area contributed by atoms with Crippen molar-refractivity contribution >= 4 is 22.8 Å². The van der Waals surface area contributed by atoms with E-state index < -0.39 is 6.30 Å². The first-order chi connectivity index (χ1) is 15.1. The fraction of sp³-hybridized carbons (Fsp3) is 0.304. The highest BCUT2D eigenvalue weighted by Crippen LogP contribution is 2.31. The molecule has 0 saturated carbocycles. The fourth-order valence-corrected chi connectivity index (χ4v) is 2.99. The van der Waals surface area contributed by atoms with Crippen molar-refractivity contribution in [1.82, 2.24) is 10.2 Å². The van der Waals surface area contributed by atoms with Crippen LogP contribution in [-0.4, -0.2) is 29.2 Å². The number of nitrogen functional groups attached to an aromatic ring is 1. The fourth-order valence-electron chi connectivity index (χ4n) is 2.99. The molecule has 1 aromatic carbocycles. The van der Waals surface area contributed by atoms with Crippen molar-refractivity contribution in [3.8, 4) is 0 Å². The van der Waals surface area contributed by atoms with Gasteiger partial charge in [0.25, 0.3) is 0 Å². The largest absolute Gasteiger partial charge is 0.484 e. The van der Waals surface area contributed by atoms with Crippen LogP contribution in [0.2, 0.25) is 0 Å². The first-order valence-corrected chi connectivity index (χ1v) is 10.1. The Hall–Kier alpha value is -3.49. The van der Waals surface area contributed by atoms with E-state index in [1.54, 1.807) is 18.3 Å². The van der Waals surface area contributed by atoms with Gasteiger partial charge in [-0.15, -0.1) is 0 Å². The molecule has 0 amide bonds. The Kier molecular flexibility index (Phi) is 8.28. The molecule has 0 spiro atoms. The Balaban J connectivity index is 2.41. The summed E-state index contributed by atoms with van der Waals surface area (Å²) in [5, 5.41) is 14.6. The van der Waals surface area contributed by atoms with Gasteiger partial charge in [-0.05, 0) is 37.2 Å². The van der Waals surface area contributed by atoms with E-state index >= 15 is 0 Å². The summed E-state index contributed by atoms with van der Waals surface area (Å²) in [6, 6.07) is 3.36. The molecule has 0 atom stereocenters. The van der Waals surface area contributed by atoms with E-state index in [0.29, 0.717) is 39.7 Å². The molecular weight excluding hydrogens is 417 g/mol. The van der Waals surface area contributed by atoms with Gasteiger partial charge < -0.3 is 16.4 Å². The Morgan fingerprint density at radius 3 is 2.62 bits per heavy atom. The van der Waals surface area contributed by atoms with Crippen molar-refractivity contribution in [2.45, 2.75) is 39.5 Å². The first kappa shape index (κ1) is 24.8. The van der Waals surface area contributed by atoms with Crippen LogP contribution in [0.3, 0.4) is 0 Å². The predicted octanol–water partition coefficient (Wildman–Crippen LogP) is 5.29. The number of hydrogen-bond acceptors (Lipinski definition) is 6. The highest BCUT2D eigenvalue weighted by Gasteiger charge is 2.37. The lowest BCUT2D eigenvalue weighted by Gasteiger charge is -2.18. The van der Waals surface area contributed by atoms with Crippen molar-refractivity contribution in [3.63, 3.8) is 0 Å². The van der Waals surface area contributed by atoms with Gasteiger partial charge in [0.05, 0.1) is 5.71 Å². The van der Waals surface area contributed by atoms with Gasteiger partial charge in [-0.1, -0.05) is 26.2 Å². The van der Waals surface area contributed by atoms with Crippen LogP contribution < -0.4 is 16.4 Å². The molecule has 0 aromatic heterocycles. The molecule has 172 valence electrons. The van der Waals surface area contributed by atoms with E-state index in [2.05, 4.69) is 28.8 Å². The van der Waals surface area contributed by atoms with Crippen LogP contribution >= 0.6 is 0 Å². The average molecular weight is 447 g/mol. The second-order valence-corrected chi connectivity index (χ2v) is 7.25. The Morgan fingerprint density at radius 2 is 2.06 bits per heavy atom. The molecule has 0 fully saturated rings. The SMILES string of the molecule is C=CNCc1cc(C(=N)/C(C=C)=C/N=C(\C)CC)c(N)cc1NC1=CN(C(F)(F)F)CC1. The topological polar surface area (TPSA) is 89.5 Å². The molecule has 2 rings (SSSR count). The molecule has 1 heterocycles. The summed E-state index contributed by atoms with van der Waals surface area (Å²) in [6.45, 7) is 11.5. The Morgan fingerprint density at radius 1 is 1.34 bits per heavy atom. The summed E-state index contributed by atoms with van der Waals surface area (Å²) in [6.07, 6.45) is 2.29. The highest BCUT2D eigenvalue weighted by molar-refractivity contribution is 6.15. The molecule has 0 aliphatic carbocycles. The van der Waals surface area contributed by atoms with Crippen LogP contribution in [-0.2, 0) is 6.54 Å². The predicted molar refractivity (Wildman–Crippen MR) is 125 cm³/mol. The minimum Gasteiger partial charge on any atom is -0.398 e. The molecule has 6 nitrogen and oxygen atoms in total. The minimum absolute atomic E-state index is 0.143. The lowest BCUT2D eigenvalue weighted by Crippen LogP contribution is -2.31. The number of anilines is 2. The second kappa shape index (κ2) is 10.7. The molecular formula is C23H29F3N6. The smallest absolute Gasteiger partial charge is 0.398 e. The van der Waals surface area contributed by atoms with Crippen LogP contribution in [0, 0.1) is 5.41 Å². The van der Waals surface area contributed by atoms with Gasteiger partial charge in [-0.25, -0.2) is 0 Å². The van der Waals surface area contributed by atoms with Gasteiger partial charge in [0.1, 0.15) is 0 Å². The maximum Gasteiger partial charge on any atom is 0.484 e. The third-order valence-corrected chi connectivity index (χ3v) is 4.98. The third-order valence-electron chi connectivity index (χ3n) is 4.98. The van der Waals surface area contributed by atoms with Crippen LogP contribution in [0.15, 0.2) is 66.2 Å². The maximum atomic E-state index is 12.9. The van der Waals surface area contributed by atoms with Crippen molar-refractivity contribution in [1.29, 1.82) is 5.41 Å². The summed E-state index contributed by atoms with van der Waals surface area (Å²) in [5.74, 6) is 0. The van der Waals surface area contributed by atoms with Gasteiger partial charge in [0.2, 0.25) is 0 Å². The van der Waals surface area contributed by atoms with Crippen LogP contribution in [0.25, 0.3) is 0 Å². The van der Waals surface area contributed by atoms with E-state index in [9.17, 15) is 13.2 Å². The number of nitrogens with zero attached hydrogens (tertiary/aromatic N) is 2. The standard InChI is InChI=1S/C23H29F3N6/c1-5-15(4)30-13-16(6-2)22(28)19-10-17(12-29-7-3)21(11-20(19)27)31-18-8-9-32(14-18)23(24,25)26/h6-7,10-11,13-14,28-29,31H,2-3,5,8-9,12,27H2,1,4H3/b16-13+,28-22?,30-15+. The Labute approximate surface area is 186 Å². The van der Waals surface area contributed by atoms with E-state index in [1.165, 1.54) is 12.3 Å². The van der Waals surface area contributed by atoms with Crippen molar-refractivity contribution in [3.05, 3.63) is 72.4 Å². The molecule has 0 bridgehead atoms. The Bertz CT molecular complexity index is 973. The van der Waals surface area contributed by atoms with Gasteiger partial charge in [0, 0.05) is 65.8 Å². The maximum absolute atomic E-state index is 12.9. The first-order valence-electron chi connectivity index (χ1n) is 10.1. The van der Waals surface area contributed by atoms with E-state index in [-0.39, 0.29) is 18.7 Å². The second-order valence-electron chi connectivity index (χ2n) is 7.25. The normalized spacial score (nSPS) is 14.8. The quantitative estimate of drug-likeness (QED) is 0.170. The summed E-state index contributed by atoms with van der Waals surface area (Å²) in [7, 11) is 0.